The first-order chi connectivity index (χ1) is 8.37. The molecule has 1 aliphatic carbocycles. The highest BCUT2D eigenvalue weighted by molar-refractivity contribution is 5.28. The van der Waals surface area contributed by atoms with Gasteiger partial charge in [-0.15, -0.1) is 0 Å². The van der Waals surface area contributed by atoms with Crippen molar-refractivity contribution in [1.29, 1.82) is 0 Å². The van der Waals surface area contributed by atoms with Crippen LogP contribution in [-0.2, 0) is 4.74 Å². The van der Waals surface area contributed by atoms with E-state index in [1.807, 2.05) is 20.8 Å². The SMILES string of the molecule is CCOC1CC(n2c(N)cc(=O)[nH]c2=O)C1(C)C. The second-order valence-electron chi connectivity index (χ2n) is 5.25. The molecular formula is C12H19N3O3. The average Bonchev–Trinajstić information content (AvgIpc) is 2.25. The zero-order chi connectivity index (χ0) is 13.5. The van der Waals surface area contributed by atoms with Crippen molar-refractivity contribution < 1.29 is 4.74 Å². The summed E-state index contributed by atoms with van der Waals surface area (Å²) in [6.45, 7) is 6.68. The lowest BCUT2D eigenvalue weighted by atomic mass is 9.64. The van der Waals surface area contributed by atoms with Crippen LogP contribution in [0.25, 0.3) is 0 Å². The van der Waals surface area contributed by atoms with Gasteiger partial charge in [-0.05, 0) is 13.3 Å². The molecule has 2 atom stereocenters. The van der Waals surface area contributed by atoms with Gasteiger partial charge in [-0.1, -0.05) is 13.8 Å². The van der Waals surface area contributed by atoms with Gasteiger partial charge in [0.25, 0.3) is 5.56 Å². The van der Waals surface area contributed by atoms with Gasteiger partial charge in [0.15, 0.2) is 0 Å². The minimum atomic E-state index is -0.466. The van der Waals surface area contributed by atoms with Crippen LogP contribution in [0, 0.1) is 5.41 Å². The molecule has 1 aromatic rings. The second-order valence-corrected chi connectivity index (χ2v) is 5.25. The number of nitrogens with two attached hydrogens (primary N) is 1. The summed E-state index contributed by atoms with van der Waals surface area (Å²) in [5.41, 5.74) is 4.68. The number of nitrogens with zero attached hydrogens (tertiary/aromatic N) is 1. The van der Waals surface area contributed by atoms with Crippen molar-refractivity contribution >= 4 is 5.82 Å². The van der Waals surface area contributed by atoms with Crippen LogP contribution in [0.4, 0.5) is 5.82 Å². The Morgan fingerprint density at radius 2 is 2.22 bits per heavy atom. The van der Waals surface area contributed by atoms with E-state index in [-0.39, 0.29) is 23.4 Å². The Labute approximate surface area is 105 Å². The Balaban J connectivity index is 2.36. The molecule has 0 saturated heterocycles. The molecule has 0 bridgehead atoms. The first kappa shape index (κ1) is 12.9. The summed E-state index contributed by atoms with van der Waals surface area (Å²) >= 11 is 0. The lowest BCUT2D eigenvalue weighted by Crippen LogP contribution is -2.54. The molecule has 0 aromatic carbocycles. The lowest BCUT2D eigenvalue weighted by Gasteiger charge is -2.52. The summed E-state index contributed by atoms with van der Waals surface area (Å²) in [6.07, 6.45) is 0.850. The van der Waals surface area contributed by atoms with Gasteiger partial charge < -0.3 is 10.5 Å². The summed E-state index contributed by atoms with van der Waals surface area (Å²) in [5, 5.41) is 0. The van der Waals surface area contributed by atoms with Gasteiger partial charge in [0.1, 0.15) is 5.82 Å². The van der Waals surface area contributed by atoms with Crippen molar-refractivity contribution in [1.82, 2.24) is 9.55 Å². The predicted octanol–water partition coefficient (Wildman–Crippen LogP) is 0.495. The van der Waals surface area contributed by atoms with E-state index in [0.717, 1.165) is 6.42 Å². The zero-order valence-electron chi connectivity index (χ0n) is 10.9. The van der Waals surface area contributed by atoms with E-state index in [9.17, 15) is 9.59 Å². The van der Waals surface area contributed by atoms with E-state index in [2.05, 4.69) is 4.98 Å². The number of rotatable bonds is 3. The van der Waals surface area contributed by atoms with E-state index < -0.39 is 11.2 Å². The molecule has 0 radical (unpaired) electrons. The Morgan fingerprint density at radius 3 is 2.72 bits per heavy atom. The van der Waals surface area contributed by atoms with Crippen molar-refractivity contribution in [2.75, 3.05) is 12.3 Å². The predicted molar refractivity (Wildman–Crippen MR) is 68.6 cm³/mol. The summed E-state index contributed by atoms with van der Waals surface area (Å²) in [6, 6.07) is 1.20. The number of nitrogens with one attached hydrogen (secondary N) is 1. The van der Waals surface area contributed by atoms with Gasteiger partial charge in [0, 0.05) is 18.1 Å². The number of ether oxygens (including phenoxy) is 1. The first-order valence-corrected chi connectivity index (χ1v) is 6.11. The Kier molecular flexibility index (Phi) is 3.06. The molecule has 1 heterocycles. The molecule has 6 heteroatoms. The monoisotopic (exact) mass is 253 g/mol. The number of nitrogen functional groups attached to an aromatic ring is 1. The number of hydrogen-bond acceptors (Lipinski definition) is 4. The Morgan fingerprint density at radius 1 is 1.56 bits per heavy atom. The molecule has 2 rings (SSSR count). The minimum absolute atomic E-state index is 0.0431. The fourth-order valence-corrected chi connectivity index (χ4v) is 2.63. The van der Waals surface area contributed by atoms with Gasteiger partial charge in [-0.25, -0.2) is 4.79 Å². The smallest absolute Gasteiger partial charge is 0.330 e. The third-order valence-electron chi connectivity index (χ3n) is 3.81. The molecule has 3 N–H and O–H groups in total. The normalized spacial score (nSPS) is 25.7. The van der Waals surface area contributed by atoms with Crippen LogP contribution < -0.4 is 17.0 Å². The van der Waals surface area contributed by atoms with Crippen LogP contribution >= 0.6 is 0 Å². The molecule has 0 aliphatic heterocycles. The maximum atomic E-state index is 11.8. The number of aromatic nitrogens is 2. The molecule has 0 amide bonds. The van der Waals surface area contributed by atoms with Crippen molar-refractivity contribution in [2.45, 2.75) is 39.3 Å². The van der Waals surface area contributed by atoms with Crippen LogP contribution in [0.5, 0.6) is 0 Å². The van der Waals surface area contributed by atoms with Crippen LogP contribution in [0.1, 0.15) is 33.2 Å². The van der Waals surface area contributed by atoms with Crippen molar-refractivity contribution in [2.24, 2.45) is 5.41 Å². The molecule has 1 aliphatic rings. The highest BCUT2D eigenvalue weighted by Gasteiger charge is 2.50. The average molecular weight is 253 g/mol. The van der Waals surface area contributed by atoms with Crippen molar-refractivity contribution in [3.05, 3.63) is 26.9 Å². The van der Waals surface area contributed by atoms with E-state index >= 15 is 0 Å². The molecular weight excluding hydrogens is 234 g/mol. The molecule has 100 valence electrons. The molecule has 6 nitrogen and oxygen atoms in total. The van der Waals surface area contributed by atoms with Gasteiger partial charge >= 0.3 is 5.69 Å². The number of anilines is 1. The number of H-pyrrole nitrogens is 1. The summed E-state index contributed by atoms with van der Waals surface area (Å²) in [5.74, 6) is 0.205. The molecule has 1 saturated carbocycles. The van der Waals surface area contributed by atoms with Crippen LogP contribution in [0.3, 0.4) is 0 Å². The van der Waals surface area contributed by atoms with Crippen molar-refractivity contribution in [3.63, 3.8) is 0 Å². The molecule has 1 aromatic heterocycles. The van der Waals surface area contributed by atoms with E-state index in [0.29, 0.717) is 6.61 Å². The van der Waals surface area contributed by atoms with Crippen LogP contribution in [0.15, 0.2) is 15.7 Å². The second kappa shape index (κ2) is 4.28. The maximum absolute atomic E-state index is 11.8. The summed E-state index contributed by atoms with van der Waals surface area (Å²) in [4.78, 5) is 25.2. The van der Waals surface area contributed by atoms with Gasteiger partial charge in [0.2, 0.25) is 0 Å². The number of aromatic amines is 1. The molecule has 0 spiro atoms. The fourth-order valence-electron chi connectivity index (χ4n) is 2.63. The van der Waals surface area contributed by atoms with Crippen LogP contribution in [0.2, 0.25) is 0 Å². The molecule has 1 fully saturated rings. The largest absolute Gasteiger partial charge is 0.385 e. The van der Waals surface area contributed by atoms with Crippen LogP contribution in [-0.4, -0.2) is 22.3 Å². The quantitative estimate of drug-likeness (QED) is 0.820. The molecule has 2 unspecified atom stereocenters. The van der Waals surface area contributed by atoms with Crippen molar-refractivity contribution in [3.8, 4) is 0 Å². The third kappa shape index (κ3) is 1.86. The van der Waals surface area contributed by atoms with E-state index in [4.69, 9.17) is 10.5 Å². The molecule has 18 heavy (non-hydrogen) atoms. The first-order valence-electron chi connectivity index (χ1n) is 6.11. The highest BCUT2D eigenvalue weighted by atomic mass is 16.5. The van der Waals surface area contributed by atoms with E-state index in [1.54, 1.807) is 0 Å². The Bertz CT molecular complexity index is 558. The van der Waals surface area contributed by atoms with Gasteiger partial charge in [-0.2, -0.15) is 0 Å². The number of hydrogen-bond donors (Lipinski definition) is 2. The third-order valence-corrected chi connectivity index (χ3v) is 3.81. The Hall–Kier alpha value is -1.56. The van der Waals surface area contributed by atoms with Gasteiger partial charge in [-0.3, -0.25) is 14.3 Å². The zero-order valence-corrected chi connectivity index (χ0v) is 10.9. The standard InChI is InChI=1S/C12H19N3O3/c1-4-18-8-5-7(12(8,2)3)15-9(13)6-10(16)14-11(15)17/h6-8H,4-5,13H2,1-3H3,(H,14,16,17). The highest BCUT2D eigenvalue weighted by Crippen LogP contribution is 2.51. The lowest BCUT2D eigenvalue weighted by molar-refractivity contribution is -0.128. The summed E-state index contributed by atoms with van der Waals surface area (Å²) < 4.78 is 7.08. The minimum Gasteiger partial charge on any atom is -0.385 e. The van der Waals surface area contributed by atoms with Gasteiger partial charge in [0.05, 0.1) is 12.1 Å². The summed E-state index contributed by atoms with van der Waals surface area (Å²) in [7, 11) is 0. The van der Waals surface area contributed by atoms with E-state index in [1.165, 1.54) is 10.6 Å². The fraction of sp³-hybridized carbons (Fsp3) is 0.667. The maximum Gasteiger partial charge on any atom is 0.330 e. The topological polar surface area (TPSA) is 90.1 Å².